The smallest absolute Gasteiger partial charge is 0.228 e. The largest absolute Gasteiger partial charge is 0.288 e. The van der Waals surface area contributed by atoms with Crippen LogP contribution in [0.1, 0.15) is 0 Å². The second-order valence-corrected chi connectivity index (χ2v) is 10.5. The van der Waals surface area contributed by atoms with Crippen molar-refractivity contribution in [3.8, 4) is 6.07 Å². The molecule has 2 aromatic carbocycles. The van der Waals surface area contributed by atoms with E-state index in [9.17, 15) is 5.26 Å². The molecule has 0 aliphatic carbocycles. The number of allylic oxidation sites excluding steroid dienone is 2. The molecule has 0 amide bonds. The van der Waals surface area contributed by atoms with Crippen LogP contribution in [-0.2, 0) is 0 Å². The van der Waals surface area contributed by atoms with E-state index in [0.29, 0.717) is 0 Å². The highest BCUT2D eigenvalue weighted by molar-refractivity contribution is 7.87. The second-order valence-electron chi connectivity index (χ2n) is 5.17. The molecule has 126 valence electrons. The average molecular weight is 430 g/mol. The lowest BCUT2D eigenvalue weighted by atomic mass is 10.2. The van der Waals surface area contributed by atoms with Crippen molar-refractivity contribution in [3.63, 3.8) is 0 Å². The number of benzene rings is 2. The van der Waals surface area contributed by atoms with Crippen LogP contribution in [0.4, 0.5) is 0 Å². The molecule has 25 heavy (non-hydrogen) atoms. The van der Waals surface area contributed by atoms with Crippen LogP contribution in [0.3, 0.4) is 0 Å². The lowest BCUT2D eigenvalue weighted by Crippen LogP contribution is -2.39. The normalized spacial score (nSPS) is 16.7. The van der Waals surface area contributed by atoms with Gasteiger partial charge >= 0.3 is 0 Å². The topological polar surface area (TPSA) is 48.2 Å². The highest BCUT2D eigenvalue weighted by Crippen LogP contribution is 2.59. The molecule has 0 bridgehead atoms. The van der Waals surface area contributed by atoms with E-state index < -0.39 is 11.4 Å². The van der Waals surface area contributed by atoms with Gasteiger partial charge in [-0.15, -0.1) is 0 Å². The van der Waals surface area contributed by atoms with Gasteiger partial charge in [0, 0.05) is 0 Å². The number of nitrogens with zero attached hydrogens (tertiary/aromatic N) is 2. The molecule has 0 atom stereocenters. The summed E-state index contributed by atoms with van der Waals surface area (Å²) in [5, 5.41) is 14.5. The van der Waals surface area contributed by atoms with E-state index in [1.165, 1.54) is 0 Å². The van der Waals surface area contributed by atoms with Gasteiger partial charge in [-0.1, -0.05) is 87.6 Å². The maximum atomic E-state index is 9.43. The predicted molar refractivity (Wildman–Crippen MR) is 108 cm³/mol. The van der Waals surface area contributed by atoms with Crippen molar-refractivity contribution in [2.24, 2.45) is 4.76 Å². The molecule has 1 N–H and O–H groups in total. The monoisotopic (exact) mass is 428 g/mol. The third kappa shape index (κ3) is 3.51. The zero-order chi connectivity index (χ0) is 18.1. The number of nitriles is 1. The summed E-state index contributed by atoms with van der Waals surface area (Å²) >= 11 is 24.7. The summed E-state index contributed by atoms with van der Waals surface area (Å²) < 4.78 is 2.86. The molecule has 1 heterocycles. The first kappa shape index (κ1) is 18.5. The third-order valence-corrected chi connectivity index (χ3v) is 7.72. The van der Waals surface area contributed by atoms with Gasteiger partial charge in [-0.3, -0.25) is 0 Å². The van der Waals surface area contributed by atoms with Gasteiger partial charge in [0.15, 0.2) is 5.17 Å². The quantitative estimate of drug-likeness (QED) is 0.546. The Hall–Kier alpha value is -1.27. The Bertz CT molecular complexity index is 844. The molecule has 3 nitrogen and oxygen atoms in total. The molecular formula is C17H11Cl4N3P+. The van der Waals surface area contributed by atoms with Gasteiger partial charge in [-0.25, -0.2) is 5.09 Å². The molecule has 8 heteroatoms. The Kier molecular flexibility index (Phi) is 5.30. The molecule has 0 spiro atoms. The molecule has 0 fully saturated rings. The number of halogens is 4. The van der Waals surface area contributed by atoms with Gasteiger partial charge in [-0.2, -0.15) is 5.26 Å². The number of rotatable bonds is 2. The van der Waals surface area contributed by atoms with Crippen LogP contribution < -0.4 is 15.7 Å². The molecule has 0 unspecified atom stereocenters. The Balaban J connectivity index is 2.30. The molecular weight excluding hydrogens is 419 g/mol. The summed E-state index contributed by atoms with van der Waals surface area (Å²) in [6, 6.07) is 21.2. The second kappa shape index (κ2) is 7.16. The minimum atomic E-state index is -2.61. The third-order valence-electron chi connectivity index (χ3n) is 3.62. The van der Waals surface area contributed by atoms with Crippen LogP contribution in [0, 0.1) is 11.3 Å². The molecule has 0 saturated carbocycles. The maximum Gasteiger partial charge on any atom is 0.288 e. The zero-order valence-electron chi connectivity index (χ0n) is 12.6. The molecule has 3 rings (SSSR count). The first-order chi connectivity index (χ1) is 11.9. The van der Waals surface area contributed by atoms with Crippen LogP contribution >= 0.6 is 54.0 Å². The van der Waals surface area contributed by atoms with Gasteiger partial charge in [0.1, 0.15) is 27.9 Å². The van der Waals surface area contributed by atoms with E-state index in [1.54, 1.807) is 0 Å². The summed E-state index contributed by atoms with van der Waals surface area (Å²) in [6.07, 6.45) is 0. The van der Waals surface area contributed by atoms with Crippen molar-refractivity contribution in [2.45, 2.75) is 3.79 Å². The predicted octanol–water partition coefficient (Wildman–Crippen LogP) is 4.87. The van der Waals surface area contributed by atoms with Gasteiger partial charge in [0.2, 0.25) is 3.79 Å². The average Bonchev–Trinajstić information content (AvgIpc) is 2.61. The van der Waals surface area contributed by atoms with Crippen molar-refractivity contribution >= 4 is 69.7 Å². The summed E-state index contributed by atoms with van der Waals surface area (Å²) in [7, 11) is -2.61. The zero-order valence-corrected chi connectivity index (χ0v) is 16.5. The number of alkyl halides is 3. The van der Waals surface area contributed by atoms with Crippen molar-refractivity contribution < 1.29 is 0 Å². The highest BCUT2D eigenvalue weighted by atomic mass is 35.6. The lowest BCUT2D eigenvalue weighted by Gasteiger charge is -2.30. The molecule has 1 aliphatic heterocycles. The molecule has 2 aromatic rings. The fourth-order valence-corrected chi connectivity index (χ4v) is 6.63. The number of nitrogens with one attached hydrogen (secondary N) is 1. The lowest BCUT2D eigenvalue weighted by molar-refractivity contribution is 1.07. The van der Waals surface area contributed by atoms with Gasteiger partial charge < -0.3 is 0 Å². The van der Waals surface area contributed by atoms with E-state index in [2.05, 4.69) is 5.09 Å². The maximum absolute atomic E-state index is 9.43. The molecule has 0 saturated heterocycles. The van der Waals surface area contributed by atoms with Crippen LogP contribution in [0.25, 0.3) is 0 Å². The Morgan fingerprint density at radius 1 is 0.920 bits per heavy atom. The van der Waals surface area contributed by atoms with Crippen LogP contribution in [0.15, 0.2) is 76.7 Å². The summed E-state index contributed by atoms with van der Waals surface area (Å²) in [6.45, 7) is 0. The van der Waals surface area contributed by atoms with Gasteiger partial charge in [0.25, 0.3) is 7.56 Å². The van der Waals surface area contributed by atoms with E-state index in [-0.39, 0.29) is 16.4 Å². The van der Waals surface area contributed by atoms with Crippen molar-refractivity contribution in [2.75, 3.05) is 0 Å². The van der Waals surface area contributed by atoms with Gasteiger partial charge in [0.05, 0.1) is 0 Å². The van der Waals surface area contributed by atoms with Gasteiger partial charge in [-0.05, 0) is 24.3 Å². The van der Waals surface area contributed by atoms with E-state index in [0.717, 1.165) is 10.6 Å². The summed E-state index contributed by atoms with van der Waals surface area (Å²) in [4.78, 5) is 0. The Labute approximate surface area is 166 Å². The fourth-order valence-electron chi connectivity index (χ4n) is 2.52. The van der Waals surface area contributed by atoms with E-state index >= 15 is 0 Å². The number of hydrogen-bond donors (Lipinski definition) is 1. The summed E-state index contributed by atoms with van der Waals surface area (Å²) in [5.74, 6) is 0. The van der Waals surface area contributed by atoms with E-state index in [4.69, 9.17) is 51.2 Å². The minimum absolute atomic E-state index is 0.0311. The number of hydrogen-bond acceptors (Lipinski definition) is 3. The molecule has 1 aliphatic rings. The van der Waals surface area contributed by atoms with Crippen molar-refractivity contribution in [1.29, 1.82) is 5.26 Å². The van der Waals surface area contributed by atoms with Crippen LogP contribution in [0.2, 0.25) is 0 Å². The van der Waals surface area contributed by atoms with E-state index in [1.807, 2.05) is 66.7 Å². The SMILES string of the molecule is N#CC1=C(C(Cl)(Cl)Cl)N[P+](c2ccccc2)(c2ccccc2)N=C1Cl. The first-order valence-electron chi connectivity index (χ1n) is 7.15. The molecule has 0 aromatic heterocycles. The Morgan fingerprint density at radius 3 is 1.80 bits per heavy atom. The highest BCUT2D eigenvalue weighted by Gasteiger charge is 2.52. The standard InChI is InChI=1S/C17H11Cl4N3P/c18-16-14(11-22)15(17(19,20)21)23-25(24-16,12-7-3-1-4-8-12)13-9-5-2-6-10-13/h1-10,23H/q+1. The molecule has 0 radical (unpaired) electrons. The van der Waals surface area contributed by atoms with Crippen molar-refractivity contribution in [1.82, 2.24) is 5.09 Å². The minimum Gasteiger partial charge on any atom is -0.228 e. The Morgan fingerprint density at radius 2 is 1.40 bits per heavy atom. The van der Waals surface area contributed by atoms with Crippen molar-refractivity contribution in [3.05, 3.63) is 71.9 Å². The summed E-state index contributed by atoms with van der Waals surface area (Å²) in [5.41, 5.74) is 0.171. The fraction of sp³-hybridized carbons (Fsp3) is 0.0588. The first-order valence-corrected chi connectivity index (χ1v) is 10.4. The van der Waals surface area contributed by atoms with Crippen LogP contribution in [0.5, 0.6) is 0 Å². The van der Waals surface area contributed by atoms with Crippen LogP contribution in [-0.4, -0.2) is 8.96 Å².